The van der Waals surface area contributed by atoms with Gasteiger partial charge in [0.1, 0.15) is 5.82 Å². The number of hydrogen-bond acceptors (Lipinski definition) is 4. The summed E-state index contributed by atoms with van der Waals surface area (Å²) in [7, 11) is 0. The first-order chi connectivity index (χ1) is 18.8. The van der Waals surface area contributed by atoms with Crippen LogP contribution in [-0.2, 0) is 0 Å². The molecule has 5 aromatic heterocycles. The van der Waals surface area contributed by atoms with E-state index in [1.165, 1.54) is 31.3 Å². The van der Waals surface area contributed by atoms with E-state index in [1.54, 1.807) is 6.20 Å². The van der Waals surface area contributed by atoms with E-state index in [-0.39, 0.29) is 0 Å². The summed E-state index contributed by atoms with van der Waals surface area (Å²) in [5.41, 5.74) is 7.76. The average Bonchev–Trinajstić information content (AvgIpc) is 3.52. The molecule has 38 heavy (non-hydrogen) atoms. The van der Waals surface area contributed by atoms with E-state index in [1.807, 2.05) is 42.1 Å². The number of benzene rings is 3. The van der Waals surface area contributed by atoms with Crippen LogP contribution in [0.4, 0.5) is 0 Å². The van der Waals surface area contributed by atoms with Crippen molar-refractivity contribution in [2.24, 2.45) is 0 Å². The highest BCUT2D eigenvalue weighted by molar-refractivity contribution is 7.26. The van der Waals surface area contributed by atoms with E-state index < -0.39 is 0 Å². The lowest BCUT2D eigenvalue weighted by Crippen LogP contribution is -1.97. The summed E-state index contributed by atoms with van der Waals surface area (Å²) in [6.45, 7) is 0. The summed E-state index contributed by atoms with van der Waals surface area (Å²) in [5, 5.41) is 3.68. The van der Waals surface area contributed by atoms with Gasteiger partial charge in [-0.15, -0.1) is 11.3 Å². The van der Waals surface area contributed by atoms with Gasteiger partial charge in [0.15, 0.2) is 0 Å². The lowest BCUT2D eigenvalue weighted by atomic mass is 10.0. The van der Waals surface area contributed by atoms with Gasteiger partial charge in [-0.25, -0.2) is 4.98 Å². The van der Waals surface area contributed by atoms with Gasteiger partial charge in [0.2, 0.25) is 0 Å². The largest absolute Gasteiger partial charge is 0.292 e. The second-order valence-corrected chi connectivity index (χ2v) is 10.4. The first-order valence-electron chi connectivity index (χ1n) is 12.5. The number of nitrogens with zero attached hydrogens (tertiary/aromatic N) is 4. The predicted octanol–water partition coefficient (Wildman–Crippen LogP) is 8.67. The first-order valence-corrected chi connectivity index (χ1v) is 13.3. The Morgan fingerprint density at radius 1 is 0.579 bits per heavy atom. The van der Waals surface area contributed by atoms with Crippen molar-refractivity contribution in [3.05, 3.63) is 122 Å². The molecule has 0 fully saturated rings. The highest BCUT2D eigenvalue weighted by Gasteiger charge is 2.18. The van der Waals surface area contributed by atoms with Crippen LogP contribution in [0.1, 0.15) is 0 Å². The number of rotatable bonds is 3. The third-order valence-electron chi connectivity index (χ3n) is 7.20. The minimum Gasteiger partial charge on any atom is -0.292 e. The van der Waals surface area contributed by atoms with E-state index in [4.69, 9.17) is 9.97 Å². The molecule has 0 spiro atoms. The Labute approximate surface area is 222 Å². The Kier molecular flexibility index (Phi) is 4.66. The lowest BCUT2D eigenvalue weighted by Gasteiger charge is -2.08. The van der Waals surface area contributed by atoms with Crippen LogP contribution in [-0.4, -0.2) is 19.5 Å². The van der Waals surface area contributed by atoms with Gasteiger partial charge < -0.3 is 0 Å². The molecule has 0 saturated carbocycles. The molecule has 0 aliphatic heterocycles. The number of fused-ring (bicyclic) bond motifs is 6. The topological polar surface area (TPSA) is 43.6 Å². The SMILES string of the molecule is c1ccc(-c2cccc3c2sc2cc4c(cc23)c2ncccc2n4-c2ccc(-c3cccnc3)cn2)cc1. The molecule has 0 N–H and O–H groups in total. The quantitative estimate of drug-likeness (QED) is 0.242. The summed E-state index contributed by atoms with van der Waals surface area (Å²) in [4.78, 5) is 13.9. The zero-order valence-corrected chi connectivity index (χ0v) is 21.1. The van der Waals surface area contributed by atoms with Crippen molar-refractivity contribution in [3.8, 4) is 28.1 Å². The Bertz CT molecular complexity index is 2110. The summed E-state index contributed by atoms with van der Waals surface area (Å²) < 4.78 is 4.79. The third kappa shape index (κ3) is 3.19. The van der Waals surface area contributed by atoms with Crippen molar-refractivity contribution in [1.29, 1.82) is 0 Å². The molecular weight excluding hydrogens is 484 g/mol. The van der Waals surface area contributed by atoms with Gasteiger partial charge in [-0.05, 0) is 53.6 Å². The fraction of sp³-hybridized carbons (Fsp3) is 0. The van der Waals surface area contributed by atoms with E-state index in [9.17, 15) is 0 Å². The van der Waals surface area contributed by atoms with Gasteiger partial charge in [0.25, 0.3) is 0 Å². The molecular formula is C33H20N4S. The van der Waals surface area contributed by atoms with Crippen molar-refractivity contribution in [3.63, 3.8) is 0 Å². The summed E-state index contributed by atoms with van der Waals surface area (Å²) in [6.07, 6.45) is 7.44. The average molecular weight is 505 g/mol. The molecule has 5 heterocycles. The van der Waals surface area contributed by atoms with Gasteiger partial charge in [0.05, 0.1) is 16.6 Å². The van der Waals surface area contributed by atoms with Gasteiger partial charge in [0, 0.05) is 61.5 Å². The molecule has 0 radical (unpaired) electrons. The molecule has 8 rings (SSSR count). The maximum atomic E-state index is 4.89. The molecule has 4 nitrogen and oxygen atoms in total. The molecule has 0 aliphatic carbocycles. The standard InChI is InChI=1S/C33H20N4S/c1-2-7-21(8-3-1)24-10-4-11-25-26-17-27-29(18-30(26)38-33(24)25)37(28-12-6-16-35-32(27)28)31-14-13-23(20-36-31)22-9-5-15-34-19-22/h1-20H. The monoisotopic (exact) mass is 504 g/mol. The first kappa shape index (κ1) is 21.2. The van der Waals surface area contributed by atoms with Crippen LogP contribution in [0.5, 0.6) is 0 Å². The molecule has 5 heteroatoms. The van der Waals surface area contributed by atoms with Crippen LogP contribution in [0.3, 0.4) is 0 Å². The van der Waals surface area contributed by atoms with Crippen LogP contribution < -0.4 is 0 Å². The highest BCUT2D eigenvalue weighted by Crippen LogP contribution is 2.43. The normalized spacial score (nSPS) is 11.7. The molecule has 0 aliphatic rings. The maximum absolute atomic E-state index is 4.89. The van der Waals surface area contributed by atoms with Crippen molar-refractivity contribution in [2.75, 3.05) is 0 Å². The maximum Gasteiger partial charge on any atom is 0.137 e. The Hall–Kier alpha value is -4.87. The Morgan fingerprint density at radius 2 is 1.45 bits per heavy atom. The molecule has 8 aromatic rings. The van der Waals surface area contributed by atoms with Crippen LogP contribution in [0.25, 0.3) is 70.2 Å². The zero-order valence-electron chi connectivity index (χ0n) is 20.2. The molecule has 0 amide bonds. The number of pyridine rings is 3. The molecule has 0 bridgehead atoms. The fourth-order valence-electron chi connectivity index (χ4n) is 5.44. The molecule has 0 unspecified atom stereocenters. The predicted molar refractivity (Wildman–Crippen MR) is 158 cm³/mol. The van der Waals surface area contributed by atoms with E-state index in [2.05, 4.69) is 94.5 Å². The number of aromatic nitrogens is 4. The van der Waals surface area contributed by atoms with Gasteiger partial charge in [-0.2, -0.15) is 0 Å². The number of hydrogen-bond donors (Lipinski definition) is 0. The molecule has 0 saturated heterocycles. The van der Waals surface area contributed by atoms with Crippen molar-refractivity contribution in [1.82, 2.24) is 19.5 Å². The van der Waals surface area contributed by atoms with Crippen molar-refractivity contribution < 1.29 is 0 Å². The second-order valence-electron chi connectivity index (χ2n) is 9.37. The summed E-state index contributed by atoms with van der Waals surface area (Å²) >= 11 is 1.85. The smallest absolute Gasteiger partial charge is 0.137 e. The molecule has 3 aromatic carbocycles. The zero-order chi connectivity index (χ0) is 25.1. The Morgan fingerprint density at radius 3 is 2.29 bits per heavy atom. The van der Waals surface area contributed by atoms with Gasteiger partial charge >= 0.3 is 0 Å². The second kappa shape index (κ2) is 8.33. The molecule has 178 valence electrons. The third-order valence-corrected chi connectivity index (χ3v) is 8.40. The van der Waals surface area contributed by atoms with E-state index >= 15 is 0 Å². The lowest BCUT2D eigenvalue weighted by molar-refractivity contribution is 1.08. The summed E-state index contributed by atoms with van der Waals surface area (Å²) in [5.74, 6) is 0.871. The van der Waals surface area contributed by atoms with Crippen LogP contribution in [0.2, 0.25) is 0 Å². The minimum atomic E-state index is 0.871. The van der Waals surface area contributed by atoms with Gasteiger partial charge in [-0.3, -0.25) is 14.5 Å². The molecule has 0 atom stereocenters. The van der Waals surface area contributed by atoms with Crippen molar-refractivity contribution in [2.45, 2.75) is 0 Å². The highest BCUT2D eigenvalue weighted by atomic mass is 32.1. The number of thiophene rings is 1. The van der Waals surface area contributed by atoms with Crippen LogP contribution >= 0.6 is 11.3 Å². The summed E-state index contributed by atoms with van der Waals surface area (Å²) in [6, 6.07) is 34.2. The van der Waals surface area contributed by atoms with Gasteiger partial charge in [-0.1, -0.05) is 54.6 Å². The van der Waals surface area contributed by atoms with Crippen molar-refractivity contribution >= 4 is 53.4 Å². The van der Waals surface area contributed by atoms with Crippen LogP contribution in [0, 0.1) is 0 Å². The van der Waals surface area contributed by atoms with E-state index in [0.717, 1.165) is 38.9 Å². The Balaban J connectivity index is 1.38. The van der Waals surface area contributed by atoms with E-state index in [0.29, 0.717) is 0 Å². The fourth-order valence-corrected chi connectivity index (χ4v) is 6.69. The van der Waals surface area contributed by atoms with Crippen LogP contribution in [0.15, 0.2) is 122 Å². The minimum absolute atomic E-state index is 0.871.